The maximum absolute atomic E-state index is 9.66. The number of rotatable bonds is 3. The number of halogens is 1. The Bertz CT molecular complexity index is 384. The fraction of sp³-hybridized carbons (Fsp3) is 0.538. The van der Waals surface area contributed by atoms with Crippen molar-refractivity contribution in [2.75, 3.05) is 20.2 Å². The van der Waals surface area contributed by atoms with Crippen molar-refractivity contribution in [1.82, 2.24) is 4.90 Å². The number of hydrogen-bond acceptors (Lipinski definition) is 3. The van der Waals surface area contributed by atoms with Crippen molar-refractivity contribution < 1.29 is 9.84 Å². The molecule has 0 amide bonds. The van der Waals surface area contributed by atoms with E-state index in [4.69, 9.17) is 4.74 Å². The molecule has 2 rings (SSSR count). The van der Waals surface area contributed by atoms with Crippen molar-refractivity contribution >= 4 is 15.9 Å². The minimum absolute atomic E-state index is 0.179. The molecular weight excluding hydrogens is 282 g/mol. The zero-order chi connectivity index (χ0) is 12.3. The van der Waals surface area contributed by atoms with Crippen molar-refractivity contribution in [3.8, 4) is 5.75 Å². The Balaban J connectivity index is 2.08. The van der Waals surface area contributed by atoms with Gasteiger partial charge in [-0.05, 0) is 37.6 Å². The normalized spacial score (nSPS) is 21.5. The molecule has 0 unspecified atom stereocenters. The van der Waals surface area contributed by atoms with Gasteiger partial charge in [-0.15, -0.1) is 0 Å². The van der Waals surface area contributed by atoms with Crippen LogP contribution in [-0.4, -0.2) is 36.3 Å². The maximum atomic E-state index is 9.66. The second-order valence-corrected chi connectivity index (χ2v) is 5.40. The van der Waals surface area contributed by atoms with Gasteiger partial charge in [0, 0.05) is 23.1 Å². The van der Waals surface area contributed by atoms with Crippen LogP contribution in [0.25, 0.3) is 0 Å². The van der Waals surface area contributed by atoms with E-state index in [0.29, 0.717) is 0 Å². The van der Waals surface area contributed by atoms with E-state index in [1.807, 2.05) is 12.1 Å². The molecule has 1 atom stereocenters. The van der Waals surface area contributed by atoms with Crippen LogP contribution in [0.2, 0.25) is 0 Å². The monoisotopic (exact) mass is 299 g/mol. The number of piperidine rings is 1. The molecule has 1 aliphatic rings. The number of likely N-dealkylation sites (tertiary alicyclic amines) is 1. The smallest absolute Gasteiger partial charge is 0.123 e. The minimum Gasteiger partial charge on any atom is -0.496 e. The molecule has 0 spiro atoms. The molecule has 0 aromatic heterocycles. The van der Waals surface area contributed by atoms with Gasteiger partial charge in [-0.3, -0.25) is 4.90 Å². The molecule has 1 aromatic carbocycles. The van der Waals surface area contributed by atoms with Gasteiger partial charge in [-0.25, -0.2) is 0 Å². The van der Waals surface area contributed by atoms with Crippen molar-refractivity contribution in [2.24, 2.45) is 0 Å². The van der Waals surface area contributed by atoms with Crippen LogP contribution in [0.15, 0.2) is 22.7 Å². The predicted molar refractivity (Wildman–Crippen MR) is 71.2 cm³/mol. The Labute approximate surface area is 111 Å². The molecule has 1 heterocycles. The van der Waals surface area contributed by atoms with Crippen molar-refractivity contribution in [3.05, 3.63) is 28.2 Å². The molecule has 17 heavy (non-hydrogen) atoms. The third-order valence-corrected chi connectivity index (χ3v) is 3.61. The highest BCUT2D eigenvalue weighted by Crippen LogP contribution is 2.25. The molecule has 1 fully saturated rings. The lowest BCUT2D eigenvalue weighted by Gasteiger charge is -2.30. The highest BCUT2D eigenvalue weighted by Gasteiger charge is 2.18. The van der Waals surface area contributed by atoms with Crippen LogP contribution in [0, 0.1) is 0 Å². The lowest BCUT2D eigenvalue weighted by atomic mass is 10.1. The van der Waals surface area contributed by atoms with Gasteiger partial charge in [0.25, 0.3) is 0 Å². The molecule has 0 saturated carbocycles. The molecular formula is C13H18BrNO2. The SMILES string of the molecule is COc1ccc(Br)cc1CN1CCC[C@@H](O)C1. The topological polar surface area (TPSA) is 32.7 Å². The molecule has 1 aromatic rings. The zero-order valence-electron chi connectivity index (χ0n) is 10.0. The molecule has 94 valence electrons. The van der Waals surface area contributed by atoms with Crippen LogP contribution in [0.5, 0.6) is 5.75 Å². The first-order chi connectivity index (χ1) is 8.19. The van der Waals surface area contributed by atoms with Gasteiger partial charge in [0.05, 0.1) is 13.2 Å². The Morgan fingerprint density at radius 3 is 3.06 bits per heavy atom. The fourth-order valence-corrected chi connectivity index (χ4v) is 2.69. The average Bonchev–Trinajstić information content (AvgIpc) is 2.29. The summed E-state index contributed by atoms with van der Waals surface area (Å²) < 4.78 is 6.42. The quantitative estimate of drug-likeness (QED) is 0.930. The van der Waals surface area contributed by atoms with Crippen molar-refractivity contribution in [3.63, 3.8) is 0 Å². The maximum Gasteiger partial charge on any atom is 0.123 e. The number of hydrogen-bond donors (Lipinski definition) is 1. The van der Waals surface area contributed by atoms with Crippen LogP contribution in [0.4, 0.5) is 0 Å². The third-order valence-electron chi connectivity index (χ3n) is 3.12. The Morgan fingerprint density at radius 2 is 2.35 bits per heavy atom. The summed E-state index contributed by atoms with van der Waals surface area (Å²) in [5.41, 5.74) is 1.16. The van der Waals surface area contributed by atoms with Gasteiger partial charge in [-0.1, -0.05) is 15.9 Å². The standard InChI is InChI=1S/C13H18BrNO2/c1-17-13-5-4-11(14)7-10(13)8-15-6-2-3-12(16)9-15/h4-5,7,12,16H,2-3,6,8-9H2,1H3/t12-/m1/s1. The number of β-amino-alcohol motifs (C(OH)–C–C–N with tert-alkyl or cyclic N) is 1. The summed E-state index contributed by atoms with van der Waals surface area (Å²) in [6.45, 7) is 2.64. The molecule has 1 aliphatic heterocycles. The van der Waals surface area contributed by atoms with Gasteiger partial charge >= 0.3 is 0 Å². The predicted octanol–water partition coefficient (Wildman–Crippen LogP) is 2.41. The molecule has 0 aliphatic carbocycles. The van der Waals surface area contributed by atoms with E-state index in [9.17, 15) is 5.11 Å². The van der Waals surface area contributed by atoms with E-state index in [0.717, 1.165) is 48.3 Å². The third kappa shape index (κ3) is 3.44. The van der Waals surface area contributed by atoms with Crippen LogP contribution >= 0.6 is 15.9 Å². The summed E-state index contributed by atoms with van der Waals surface area (Å²) in [5, 5.41) is 9.66. The van der Waals surface area contributed by atoms with E-state index in [-0.39, 0.29) is 6.10 Å². The Hall–Kier alpha value is -0.580. The zero-order valence-corrected chi connectivity index (χ0v) is 11.6. The minimum atomic E-state index is -0.179. The largest absolute Gasteiger partial charge is 0.496 e. The van der Waals surface area contributed by atoms with Gasteiger partial charge in [0.1, 0.15) is 5.75 Å². The second kappa shape index (κ2) is 5.85. The highest BCUT2D eigenvalue weighted by atomic mass is 79.9. The summed E-state index contributed by atoms with van der Waals surface area (Å²) >= 11 is 3.48. The van der Waals surface area contributed by atoms with Crippen LogP contribution in [0.1, 0.15) is 18.4 Å². The van der Waals surface area contributed by atoms with Crippen molar-refractivity contribution in [2.45, 2.75) is 25.5 Å². The number of ether oxygens (including phenoxy) is 1. The summed E-state index contributed by atoms with van der Waals surface area (Å²) in [6, 6.07) is 6.03. The van der Waals surface area contributed by atoms with Gasteiger partial charge in [0.2, 0.25) is 0 Å². The number of methoxy groups -OCH3 is 1. The lowest BCUT2D eigenvalue weighted by Crippen LogP contribution is -2.37. The Morgan fingerprint density at radius 1 is 1.53 bits per heavy atom. The van der Waals surface area contributed by atoms with E-state index in [1.165, 1.54) is 0 Å². The number of aliphatic hydroxyl groups excluding tert-OH is 1. The first kappa shape index (κ1) is 12.9. The summed E-state index contributed by atoms with van der Waals surface area (Å²) in [4.78, 5) is 2.28. The molecule has 1 saturated heterocycles. The van der Waals surface area contributed by atoms with E-state index in [2.05, 4.69) is 26.9 Å². The molecule has 3 nitrogen and oxygen atoms in total. The number of benzene rings is 1. The van der Waals surface area contributed by atoms with Crippen LogP contribution < -0.4 is 4.74 Å². The summed E-state index contributed by atoms with van der Waals surface area (Å²) in [6.07, 6.45) is 1.81. The lowest BCUT2D eigenvalue weighted by molar-refractivity contribution is 0.0664. The molecule has 4 heteroatoms. The number of nitrogens with zero attached hydrogens (tertiary/aromatic N) is 1. The van der Waals surface area contributed by atoms with E-state index in [1.54, 1.807) is 7.11 Å². The molecule has 1 N–H and O–H groups in total. The number of aliphatic hydroxyl groups is 1. The fourth-order valence-electron chi connectivity index (χ4n) is 2.29. The van der Waals surface area contributed by atoms with Gasteiger partial charge in [0.15, 0.2) is 0 Å². The first-order valence-corrected chi connectivity index (χ1v) is 6.71. The van der Waals surface area contributed by atoms with Gasteiger partial charge < -0.3 is 9.84 Å². The molecule has 0 radical (unpaired) electrons. The average molecular weight is 300 g/mol. The van der Waals surface area contributed by atoms with Gasteiger partial charge in [-0.2, -0.15) is 0 Å². The first-order valence-electron chi connectivity index (χ1n) is 5.92. The summed E-state index contributed by atoms with van der Waals surface area (Å²) in [5.74, 6) is 0.910. The van der Waals surface area contributed by atoms with E-state index >= 15 is 0 Å². The molecule has 0 bridgehead atoms. The van der Waals surface area contributed by atoms with E-state index < -0.39 is 0 Å². The van der Waals surface area contributed by atoms with Crippen LogP contribution in [0.3, 0.4) is 0 Å². The van der Waals surface area contributed by atoms with Crippen LogP contribution in [-0.2, 0) is 6.54 Å². The summed E-state index contributed by atoms with van der Waals surface area (Å²) in [7, 11) is 1.69. The Kier molecular flexibility index (Phi) is 4.42. The van der Waals surface area contributed by atoms with Crippen molar-refractivity contribution in [1.29, 1.82) is 0 Å². The second-order valence-electron chi connectivity index (χ2n) is 4.49. The highest BCUT2D eigenvalue weighted by molar-refractivity contribution is 9.10.